The zero-order valence-corrected chi connectivity index (χ0v) is 18.8. The SMILES string of the molecule is CCN(CC)C(c1cc(Cl)cc(Cl)c1OC)c1nnnn1-c1c(C)cccc1C. The van der Waals surface area contributed by atoms with Gasteiger partial charge in [-0.2, -0.15) is 4.68 Å². The van der Waals surface area contributed by atoms with Crippen molar-refractivity contribution in [2.45, 2.75) is 33.7 Å². The van der Waals surface area contributed by atoms with Gasteiger partial charge in [-0.05, 0) is 60.6 Å². The molecule has 0 saturated carbocycles. The molecule has 3 rings (SSSR count). The molecule has 0 spiro atoms. The molecule has 1 unspecified atom stereocenters. The molecule has 2 aromatic carbocycles. The first-order valence-electron chi connectivity index (χ1n) is 9.54. The minimum atomic E-state index is -0.287. The Kier molecular flexibility index (Phi) is 6.77. The van der Waals surface area contributed by atoms with Crippen LogP contribution < -0.4 is 4.74 Å². The summed E-state index contributed by atoms with van der Waals surface area (Å²) < 4.78 is 7.45. The van der Waals surface area contributed by atoms with Crippen LogP contribution in [0, 0.1) is 13.8 Å². The lowest BCUT2D eigenvalue weighted by molar-refractivity contribution is 0.234. The molecule has 0 saturated heterocycles. The van der Waals surface area contributed by atoms with E-state index in [1.807, 2.05) is 16.8 Å². The van der Waals surface area contributed by atoms with Crippen molar-refractivity contribution in [3.63, 3.8) is 0 Å². The first-order valence-corrected chi connectivity index (χ1v) is 10.3. The van der Waals surface area contributed by atoms with Gasteiger partial charge in [0, 0.05) is 10.6 Å². The predicted molar refractivity (Wildman–Crippen MR) is 116 cm³/mol. The van der Waals surface area contributed by atoms with Gasteiger partial charge in [-0.1, -0.05) is 55.2 Å². The molecule has 1 heterocycles. The van der Waals surface area contributed by atoms with Gasteiger partial charge in [-0.25, -0.2) is 0 Å². The molecule has 6 nitrogen and oxygen atoms in total. The third-order valence-corrected chi connectivity index (χ3v) is 5.60. The minimum absolute atomic E-state index is 0.287. The molecule has 8 heteroatoms. The van der Waals surface area contributed by atoms with Crippen molar-refractivity contribution in [1.29, 1.82) is 0 Å². The molecule has 0 bridgehead atoms. The Hall–Kier alpha value is -2.15. The van der Waals surface area contributed by atoms with Gasteiger partial charge in [-0.15, -0.1) is 5.10 Å². The number of methoxy groups -OCH3 is 1. The molecule has 0 aliphatic rings. The summed E-state index contributed by atoms with van der Waals surface area (Å²) >= 11 is 12.8. The summed E-state index contributed by atoms with van der Waals surface area (Å²) in [7, 11) is 1.60. The molecule has 0 N–H and O–H groups in total. The van der Waals surface area contributed by atoms with E-state index < -0.39 is 0 Å². The lowest BCUT2D eigenvalue weighted by Gasteiger charge is -2.30. The van der Waals surface area contributed by atoms with Crippen LogP contribution in [0.4, 0.5) is 0 Å². The number of aryl methyl sites for hydroxylation is 2. The zero-order valence-electron chi connectivity index (χ0n) is 17.3. The lowest BCUT2D eigenvalue weighted by atomic mass is 10.0. The van der Waals surface area contributed by atoms with Crippen molar-refractivity contribution in [1.82, 2.24) is 25.1 Å². The van der Waals surface area contributed by atoms with E-state index in [-0.39, 0.29) is 6.04 Å². The third-order valence-electron chi connectivity index (χ3n) is 5.10. The number of nitrogens with zero attached hydrogens (tertiary/aromatic N) is 5. The number of aromatic nitrogens is 4. The Balaban J connectivity index is 2.29. The van der Waals surface area contributed by atoms with Crippen LogP contribution in [0.5, 0.6) is 5.75 Å². The summed E-state index contributed by atoms with van der Waals surface area (Å²) in [5.41, 5.74) is 3.98. The van der Waals surface area contributed by atoms with E-state index in [0.717, 1.165) is 35.5 Å². The number of tetrazole rings is 1. The van der Waals surface area contributed by atoms with Gasteiger partial charge in [0.2, 0.25) is 0 Å². The maximum absolute atomic E-state index is 6.45. The maximum atomic E-state index is 6.45. The van der Waals surface area contributed by atoms with Gasteiger partial charge in [-0.3, -0.25) is 4.90 Å². The largest absolute Gasteiger partial charge is 0.495 e. The Morgan fingerprint density at radius 3 is 2.34 bits per heavy atom. The average Bonchev–Trinajstić information content (AvgIpc) is 3.14. The van der Waals surface area contributed by atoms with E-state index in [2.05, 4.69) is 60.3 Å². The van der Waals surface area contributed by atoms with E-state index in [0.29, 0.717) is 21.6 Å². The summed E-state index contributed by atoms with van der Waals surface area (Å²) in [4.78, 5) is 2.25. The van der Waals surface area contributed by atoms with E-state index in [4.69, 9.17) is 27.9 Å². The number of hydrogen-bond donors (Lipinski definition) is 0. The van der Waals surface area contributed by atoms with Crippen LogP contribution in [-0.2, 0) is 0 Å². The van der Waals surface area contributed by atoms with Crippen LogP contribution in [0.15, 0.2) is 30.3 Å². The highest BCUT2D eigenvalue weighted by Crippen LogP contribution is 2.40. The molecule has 3 aromatic rings. The molecule has 0 aliphatic carbocycles. The Morgan fingerprint density at radius 1 is 1.10 bits per heavy atom. The number of ether oxygens (including phenoxy) is 1. The molecule has 1 atom stereocenters. The average molecular weight is 434 g/mol. The molecule has 0 amide bonds. The Labute approximate surface area is 181 Å². The van der Waals surface area contributed by atoms with Crippen LogP contribution in [0.25, 0.3) is 5.69 Å². The first kappa shape index (κ1) is 21.6. The number of benzene rings is 2. The molecule has 154 valence electrons. The van der Waals surface area contributed by atoms with Gasteiger partial charge in [0.25, 0.3) is 0 Å². The highest BCUT2D eigenvalue weighted by Gasteiger charge is 2.31. The van der Waals surface area contributed by atoms with E-state index in [1.54, 1.807) is 13.2 Å². The molecule has 1 aromatic heterocycles. The normalized spacial score (nSPS) is 12.4. The summed E-state index contributed by atoms with van der Waals surface area (Å²) in [5.74, 6) is 1.26. The van der Waals surface area contributed by atoms with Crippen molar-refractivity contribution in [3.05, 3.63) is 62.9 Å². The highest BCUT2D eigenvalue weighted by atomic mass is 35.5. The number of para-hydroxylation sites is 1. The minimum Gasteiger partial charge on any atom is -0.495 e. The van der Waals surface area contributed by atoms with Crippen LogP contribution >= 0.6 is 23.2 Å². The van der Waals surface area contributed by atoms with E-state index in [9.17, 15) is 0 Å². The van der Waals surface area contributed by atoms with Crippen molar-refractivity contribution in [2.24, 2.45) is 0 Å². The standard InChI is InChI=1S/C21H25Cl2N5O/c1-6-27(7-2)19(16-11-15(22)12-17(23)20(16)29-5)21-24-25-26-28(21)18-13(3)9-8-10-14(18)4/h8-12,19H,6-7H2,1-5H3. The Bertz CT molecular complexity index is 980. The van der Waals surface area contributed by atoms with Crippen LogP contribution in [0.2, 0.25) is 10.0 Å². The maximum Gasteiger partial charge on any atom is 0.178 e. The second kappa shape index (κ2) is 9.11. The van der Waals surface area contributed by atoms with Crippen molar-refractivity contribution < 1.29 is 4.74 Å². The molecule has 0 fully saturated rings. The van der Waals surface area contributed by atoms with Crippen LogP contribution in [0.1, 0.15) is 42.4 Å². The monoisotopic (exact) mass is 433 g/mol. The van der Waals surface area contributed by atoms with Gasteiger partial charge in [0.15, 0.2) is 5.82 Å². The predicted octanol–water partition coefficient (Wildman–Crippen LogP) is 5.03. The lowest BCUT2D eigenvalue weighted by Crippen LogP contribution is -2.32. The molecule has 29 heavy (non-hydrogen) atoms. The van der Waals surface area contributed by atoms with Gasteiger partial charge < -0.3 is 4.74 Å². The molecule has 0 aliphatic heterocycles. The fourth-order valence-corrected chi connectivity index (χ4v) is 4.34. The summed E-state index contributed by atoms with van der Waals surface area (Å²) in [6, 6.07) is 9.40. The quantitative estimate of drug-likeness (QED) is 0.522. The second-order valence-corrected chi connectivity index (χ2v) is 7.67. The summed E-state index contributed by atoms with van der Waals surface area (Å²) in [6.07, 6.45) is 0. The van der Waals surface area contributed by atoms with Gasteiger partial charge in [0.05, 0.1) is 17.8 Å². The Morgan fingerprint density at radius 2 is 1.76 bits per heavy atom. The summed E-state index contributed by atoms with van der Waals surface area (Å²) in [5, 5.41) is 13.8. The molecule has 0 radical (unpaired) electrons. The van der Waals surface area contributed by atoms with E-state index >= 15 is 0 Å². The first-order chi connectivity index (χ1) is 13.9. The van der Waals surface area contributed by atoms with Gasteiger partial charge >= 0.3 is 0 Å². The highest BCUT2D eigenvalue weighted by molar-refractivity contribution is 6.35. The number of rotatable bonds is 7. The molecular weight excluding hydrogens is 409 g/mol. The van der Waals surface area contributed by atoms with Gasteiger partial charge in [0.1, 0.15) is 11.8 Å². The topological polar surface area (TPSA) is 56.1 Å². The summed E-state index contributed by atoms with van der Waals surface area (Å²) in [6.45, 7) is 9.88. The zero-order chi connectivity index (χ0) is 21.1. The third kappa shape index (κ3) is 4.10. The second-order valence-electron chi connectivity index (χ2n) is 6.82. The smallest absolute Gasteiger partial charge is 0.178 e. The number of hydrogen-bond acceptors (Lipinski definition) is 5. The van der Waals surface area contributed by atoms with Crippen LogP contribution in [0.3, 0.4) is 0 Å². The number of halogens is 2. The van der Waals surface area contributed by atoms with Crippen molar-refractivity contribution in [2.75, 3.05) is 20.2 Å². The van der Waals surface area contributed by atoms with Crippen LogP contribution in [-0.4, -0.2) is 45.3 Å². The fourth-order valence-electron chi connectivity index (χ4n) is 3.75. The fraction of sp³-hybridized carbons (Fsp3) is 0.381. The van der Waals surface area contributed by atoms with Crippen molar-refractivity contribution in [3.8, 4) is 11.4 Å². The molecular formula is C21H25Cl2N5O. The van der Waals surface area contributed by atoms with E-state index in [1.165, 1.54) is 0 Å². The van der Waals surface area contributed by atoms with Crippen molar-refractivity contribution >= 4 is 23.2 Å².